The lowest BCUT2D eigenvalue weighted by atomic mass is 9.88. The number of carboxylic acid groups (broad SMARTS) is 1. The van der Waals surface area contributed by atoms with E-state index in [1.165, 1.54) is 0 Å². The summed E-state index contributed by atoms with van der Waals surface area (Å²) >= 11 is 6.03. The largest absolute Gasteiger partial charge is 0.481 e. The number of fused-ring (bicyclic) bond motifs is 1. The maximum atomic E-state index is 11.8. The first-order valence-corrected chi connectivity index (χ1v) is 10.7. The number of halogens is 1. The van der Waals surface area contributed by atoms with Gasteiger partial charge in [0.25, 0.3) is 0 Å². The van der Waals surface area contributed by atoms with Crippen LogP contribution in [0.1, 0.15) is 30.8 Å². The van der Waals surface area contributed by atoms with E-state index in [4.69, 9.17) is 16.3 Å². The molecule has 4 rings (SSSR count). The Morgan fingerprint density at radius 1 is 1.12 bits per heavy atom. The van der Waals surface area contributed by atoms with Crippen molar-refractivity contribution in [3.05, 3.63) is 88.8 Å². The fraction of sp³-hybridized carbons (Fsp3) is 0.240. The zero-order valence-corrected chi connectivity index (χ0v) is 18.7. The molecule has 0 saturated carbocycles. The minimum Gasteiger partial charge on any atom is -0.481 e. The second-order valence-electron chi connectivity index (χ2n) is 8.38. The highest BCUT2D eigenvalue weighted by Gasteiger charge is 2.29. The Labute approximate surface area is 191 Å². The summed E-state index contributed by atoms with van der Waals surface area (Å²) in [6.45, 7) is 4.37. The maximum Gasteiger partial charge on any atom is 0.309 e. The van der Waals surface area contributed by atoms with E-state index in [2.05, 4.69) is 14.5 Å². The Hall–Kier alpha value is -3.38. The van der Waals surface area contributed by atoms with Crippen molar-refractivity contribution in [1.29, 1.82) is 0 Å². The molecule has 164 valence electrons. The van der Waals surface area contributed by atoms with Crippen molar-refractivity contribution < 1.29 is 14.6 Å². The van der Waals surface area contributed by atoms with Crippen LogP contribution in [-0.4, -0.2) is 25.6 Å². The quantitative estimate of drug-likeness (QED) is 0.391. The van der Waals surface area contributed by atoms with Gasteiger partial charge in [0.15, 0.2) is 0 Å². The van der Waals surface area contributed by atoms with Crippen molar-refractivity contribution in [3.8, 4) is 5.88 Å². The Bertz CT molecular complexity index is 1230. The molecule has 0 aliphatic carbocycles. The lowest BCUT2D eigenvalue weighted by Gasteiger charge is -2.20. The summed E-state index contributed by atoms with van der Waals surface area (Å²) in [5, 5.41) is 10.3. The SMILES string of the molecule is CC(C)(Cc1cc2nc(OCc3ccccn3)ccc2n1Cc1ccc(Cl)cc1)C(=O)O. The zero-order chi connectivity index (χ0) is 22.7. The van der Waals surface area contributed by atoms with Crippen LogP contribution in [0.2, 0.25) is 5.02 Å². The number of aliphatic carboxylic acids is 1. The lowest BCUT2D eigenvalue weighted by Crippen LogP contribution is -2.27. The monoisotopic (exact) mass is 449 g/mol. The van der Waals surface area contributed by atoms with Gasteiger partial charge in [-0.3, -0.25) is 9.78 Å². The highest BCUT2D eigenvalue weighted by atomic mass is 35.5. The van der Waals surface area contributed by atoms with Crippen molar-refractivity contribution in [2.24, 2.45) is 5.41 Å². The van der Waals surface area contributed by atoms with Crippen LogP contribution in [0.5, 0.6) is 5.88 Å². The highest BCUT2D eigenvalue weighted by molar-refractivity contribution is 6.30. The fourth-order valence-electron chi connectivity index (χ4n) is 3.52. The van der Waals surface area contributed by atoms with Gasteiger partial charge in [0.05, 0.1) is 22.1 Å². The molecule has 0 aliphatic heterocycles. The van der Waals surface area contributed by atoms with Gasteiger partial charge in [0.2, 0.25) is 5.88 Å². The third-order valence-electron chi connectivity index (χ3n) is 5.37. The van der Waals surface area contributed by atoms with Gasteiger partial charge in [0.1, 0.15) is 6.61 Å². The van der Waals surface area contributed by atoms with Crippen molar-refractivity contribution in [2.45, 2.75) is 33.4 Å². The Kier molecular flexibility index (Phi) is 6.15. The molecular formula is C25H24ClN3O3. The van der Waals surface area contributed by atoms with E-state index in [0.29, 0.717) is 30.5 Å². The molecule has 0 unspecified atom stereocenters. The summed E-state index contributed by atoms with van der Waals surface area (Å²) < 4.78 is 7.94. The van der Waals surface area contributed by atoms with Crippen LogP contribution in [0.25, 0.3) is 11.0 Å². The first-order valence-electron chi connectivity index (χ1n) is 10.3. The number of carboxylic acids is 1. The van der Waals surface area contributed by atoms with E-state index in [1.807, 2.05) is 60.7 Å². The average Bonchev–Trinajstić information content (AvgIpc) is 3.10. The molecule has 0 bridgehead atoms. The van der Waals surface area contributed by atoms with Gasteiger partial charge in [-0.2, -0.15) is 0 Å². The molecule has 3 aromatic heterocycles. The summed E-state index contributed by atoms with van der Waals surface area (Å²) in [5.41, 5.74) is 3.55. The van der Waals surface area contributed by atoms with Gasteiger partial charge in [0, 0.05) is 35.9 Å². The van der Waals surface area contributed by atoms with Crippen LogP contribution in [0.3, 0.4) is 0 Å². The molecule has 0 aliphatic rings. The predicted octanol–water partition coefficient (Wildman–Crippen LogP) is 5.37. The molecule has 1 aromatic carbocycles. The number of nitrogens with zero attached hydrogens (tertiary/aromatic N) is 3. The van der Waals surface area contributed by atoms with Gasteiger partial charge in [-0.15, -0.1) is 0 Å². The van der Waals surface area contributed by atoms with E-state index in [1.54, 1.807) is 20.0 Å². The minimum absolute atomic E-state index is 0.323. The maximum absolute atomic E-state index is 11.8. The van der Waals surface area contributed by atoms with Gasteiger partial charge in [-0.1, -0.05) is 29.8 Å². The summed E-state index contributed by atoms with van der Waals surface area (Å²) in [6.07, 6.45) is 2.10. The number of rotatable bonds is 8. The summed E-state index contributed by atoms with van der Waals surface area (Å²) in [6, 6.07) is 19.1. The summed E-state index contributed by atoms with van der Waals surface area (Å²) in [5.74, 6) is -0.344. The Morgan fingerprint density at radius 2 is 1.91 bits per heavy atom. The fourth-order valence-corrected chi connectivity index (χ4v) is 3.65. The van der Waals surface area contributed by atoms with Gasteiger partial charge < -0.3 is 14.4 Å². The lowest BCUT2D eigenvalue weighted by molar-refractivity contribution is -0.146. The molecule has 3 heterocycles. The van der Waals surface area contributed by atoms with Crippen LogP contribution < -0.4 is 4.74 Å². The van der Waals surface area contributed by atoms with Gasteiger partial charge in [-0.05, 0) is 55.8 Å². The first kappa shape index (κ1) is 21.8. The van der Waals surface area contributed by atoms with E-state index in [0.717, 1.165) is 28.0 Å². The van der Waals surface area contributed by atoms with Gasteiger partial charge in [-0.25, -0.2) is 4.98 Å². The number of ether oxygens (including phenoxy) is 1. The number of hydrogen-bond donors (Lipinski definition) is 1. The smallest absolute Gasteiger partial charge is 0.309 e. The topological polar surface area (TPSA) is 77.2 Å². The molecule has 6 nitrogen and oxygen atoms in total. The first-order chi connectivity index (χ1) is 15.3. The van der Waals surface area contributed by atoms with E-state index >= 15 is 0 Å². The van der Waals surface area contributed by atoms with Crippen LogP contribution >= 0.6 is 11.6 Å². The highest BCUT2D eigenvalue weighted by Crippen LogP contribution is 2.29. The van der Waals surface area contributed by atoms with Gasteiger partial charge >= 0.3 is 5.97 Å². The van der Waals surface area contributed by atoms with Crippen LogP contribution in [0.4, 0.5) is 0 Å². The second kappa shape index (κ2) is 9.01. The molecule has 0 saturated heterocycles. The molecule has 32 heavy (non-hydrogen) atoms. The Balaban J connectivity index is 1.68. The molecular weight excluding hydrogens is 426 g/mol. The van der Waals surface area contributed by atoms with Crippen molar-refractivity contribution in [2.75, 3.05) is 0 Å². The van der Waals surface area contributed by atoms with Crippen molar-refractivity contribution in [3.63, 3.8) is 0 Å². The third-order valence-corrected chi connectivity index (χ3v) is 5.62. The molecule has 0 fully saturated rings. The molecule has 1 N–H and O–H groups in total. The molecule has 0 atom stereocenters. The standard InChI is InChI=1S/C25H24ClN3O3/c1-25(2,24(30)31)14-20-13-21-22(29(20)15-17-6-8-18(26)9-7-17)10-11-23(28-21)32-16-19-5-3-4-12-27-19/h3-13H,14-16H2,1-2H3,(H,30,31). The number of pyridine rings is 2. The molecule has 7 heteroatoms. The molecule has 0 spiro atoms. The molecule has 0 radical (unpaired) electrons. The Morgan fingerprint density at radius 3 is 2.59 bits per heavy atom. The third kappa shape index (κ3) is 4.92. The van der Waals surface area contributed by atoms with E-state index in [-0.39, 0.29) is 0 Å². The average molecular weight is 450 g/mol. The normalized spacial score (nSPS) is 11.6. The van der Waals surface area contributed by atoms with Crippen molar-refractivity contribution >= 4 is 28.6 Å². The number of aromatic nitrogens is 3. The minimum atomic E-state index is -0.912. The number of carbonyl (C=O) groups is 1. The van der Waals surface area contributed by atoms with E-state index < -0.39 is 11.4 Å². The summed E-state index contributed by atoms with van der Waals surface area (Å²) in [7, 11) is 0. The summed E-state index contributed by atoms with van der Waals surface area (Å²) in [4.78, 5) is 20.7. The molecule has 0 amide bonds. The predicted molar refractivity (Wildman–Crippen MR) is 124 cm³/mol. The van der Waals surface area contributed by atoms with Crippen LogP contribution in [0.15, 0.2) is 66.9 Å². The molecule has 4 aromatic rings. The van der Waals surface area contributed by atoms with E-state index in [9.17, 15) is 9.90 Å². The number of benzene rings is 1. The number of hydrogen-bond acceptors (Lipinski definition) is 4. The zero-order valence-electron chi connectivity index (χ0n) is 18.0. The van der Waals surface area contributed by atoms with Crippen LogP contribution in [0, 0.1) is 5.41 Å². The van der Waals surface area contributed by atoms with Crippen LogP contribution in [-0.2, 0) is 24.4 Å². The van der Waals surface area contributed by atoms with Crippen molar-refractivity contribution in [1.82, 2.24) is 14.5 Å². The second-order valence-corrected chi connectivity index (χ2v) is 8.81.